The summed E-state index contributed by atoms with van der Waals surface area (Å²) in [5, 5.41) is 24.0. The minimum absolute atomic E-state index is 0.00200. The number of hydrogen-bond acceptors (Lipinski definition) is 4. The number of carbonyl (C=O) groups is 1. The van der Waals surface area contributed by atoms with Gasteiger partial charge in [0.25, 0.3) is 0 Å². The van der Waals surface area contributed by atoms with Crippen LogP contribution in [-0.2, 0) is 11.2 Å². The van der Waals surface area contributed by atoms with Crippen LogP contribution in [0.4, 0.5) is 5.69 Å². The Kier molecular flexibility index (Phi) is 6.93. The number of amidine groups is 2. The summed E-state index contributed by atoms with van der Waals surface area (Å²) < 4.78 is 0. The zero-order valence-corrected chi connectivity index (χ0v) is 15.1. The molecular weight excluding hydrogens is 342 g/mol. The van der Waals surface area contributed by atoms with Gasteiger partial charge < -0.3 is 21.5 Å². The Bertz CT molecular complexity index is 817. The van der Waals surface area contributed by atoms with E-state index in [2.05, 4.69) is 4.90 Å². The van der Waals surface area contributed by atoms with Gasteiger partial charge in [-0.1, -0.05) is 36.4 Å². The molecule has 0 amide bonds. The minimum Gasteiger partial charge on any atom is -0.481 e. The van der Waals surface area contributed by atoms with Gasteiger partial charge in [-0.05, 0) is 30.5 Å². The zero-order valence-electron chi connectivity index (χ0n) is 15.1. The van der Waals surface area contributed by atoms with Crippen molar-refractivity contribution in [2.45, 2.75) is 19.3 Å². The van der Waals surface area contributed by atoms with Crippen LogP contribution in [0.3, 0.4) is 0 Å². The maximum Gasteiger partial charge on any atom is 0.303 e. The quantitative estimate of drug-likeness (QED) is 0.323. The maximum absolute atomic E-state index is 10.8. The normalized spacial score (nSPS) is 10.4. The molecule has 0 spiro atoms. The molecule has 0 saturated heterocycles. The molecule has 0 heterocycles. The first-order valence-corrected chi connectivity index (χ1v) is 8.71. The largest absolute Gasteiger partial charge is 0.481 e. The van der Waals surface area contributed by atoms with Crippen LogP contribution in [0.5, 0.6) is 0 Å². The number of carboxylic acid groups (broad SMARTS) is 1. The Balaban J connectivity index is 2.11. The second kappa shape index (κ2) is 9.38. The van der Waals surface area contributed by atoms with Gasteiger partial charge in [0.05, 0.1) is 0 Å². The average Bonchev–Trinajstić information content (AvgIpc) is 2.64. The summed E-state index contributed by atoms with van der Waals surface area (Å²) in [6, 6.07) is 14.9. The van der Waals surface area contributed by atoms with Crippen molar-refractivity contribution in [1.82, 2.24) is 0 Å². The fourth-order valence-corrected chi connectivity index (χ4v) is 2.78. The third-order valence-electron chi connectivity index (χ3n) is 4.28. The molecule has 0 fully saturated rings. The van der Waals surface area contributed by atoms with E-state index in [0.717, 1.165) is 17.7 Å². The van der Waals surface area contributed by atoms with Gasteiger partial charge in [-0.15, -0.1) is 0 Å². The van der Waals surface area contributed by atoms with Crippen LogP contribution < -0.4 is 16.4 Å². The smallest absolute Gasteiger partial charge is 0.303 e. The van der Waals surface area contributed by atoms with Gasteiger partial charge in [-0.2, -0.15) is 0 Å². The number of hydrogen-bond donors (Lipinski definition) is 5. The Morgan fingerprint density at radius 1 is 0.963 bits per heavy atom. The lowest BCUT2D eigenvalue weighted by atomic mass is 10.1. The molecule has 0 unspecified atom stereocenters. The summed E-state index contributed by atoms with van der Waals surface area (Å²) in [7, 11) is 0. The van der Waals surface area contributed by atoms with Gasteiger partial charge in [0.1, 0.15) is 11.7 Å². The Hall–Kier alpha value is -3.35. The number of nitrogens with one attached hydrogen (secondary N) is 2. The number of carboxylic acids is 1. The number of rotatable bonds is 10. The standard InChI is InChI=1S/C20H25N5O2/c21-19(22)15-8-6-14(7-9-15)10-12-25(11-2-5-18(26)27)17-4-1-3-16(13-17)20(23)24/h1,3-4,6-9,13H,2,5,10-12H2,(H3,21,22)(H3,23,24)(H,26,27). The van der Waals surface area contributed by atoms with E-state index in [1.165, 1.54) is 0 Å². The third-order valence-corrected chi connectivity index (χ3v) is 4.28. The Morgan fingerprint density at radius 2 is 1.63 bits per heavy atom. The summed E-state index contributed by atoms with van der Waals surface area (Å²) >= 11 is 0. The lowest BCUT2D eigenvalue weighted by Gasteiger charge is -2.25. The number of nitrogen functional groups attached to an aromatic ring is 2. The molecule has 142 valence electrons. The van der Waals surface area contributed by atoms with Crippen LogP contribution in [0.15, 0.2) is 48.5 Å². The van der Waals surface area contributed by atoms with Crippen LogP contribution in [-0.4, -0.2) is 35.8 Å². The highest BCUT2D eigenvalue weighted by Crippen LogP contribution is 2.18. The van der Waals surface area contributed by atoms with E-state index in [1.807, 2.05) is 42.5 Å². The van der Waals surface area contributed by atoms with Crippen LogP contribution in [0.25, 0.3) is 0 Å². The molecule has 0 aliphatic rings. The number of aliphatic carboxylic acids is 1. The number of benzene rings is 2. The van der Waals surface area contributed by atoms with Gasteiger partial charge >= 0.3 is 5.97 Å². The summed E-state index contributed by atoms with van der Waals surface area (Å²) in [5.74, 6) is -0.771. The van der Waals surface area contributed by atoms with E-state index in [0.29, 0.717) is 30.6 Å². The first-order valence-electron chi connectivity index (χ1n) is 8.71. The minimum atomic E-state index is -0.813. The highest BCUT2D eigenvalue weighted by atomic mass is 16.4. The SMILES string of the molecule is N=C(N)c1ccc(CCN(CCCC(=O)O)c2cccc(C(=N)N)c2)cc1. The summed E-state index contributed by atoms with van der Waals surface area (Å²) in [6.45, 7) is 1.29. The van der Waals surface area contributed by atoms with Crippen molar-refractivity contribution in [3.63, 3.8) is 0 Å². The van der Waals surface area contributed by atoms with Gasteiger partial charge in [0, 0.05) is 36.3 Å². The van der Waals surface area contributed by atoms with Crippen molar-refractivity contribution in [3.8, 4) is 0 Å². The first-order chi connectivity index (χ1) is 12.9. The monoisotopic (exact) mass is 367 g/mol. The molecule has 0 aliphatic heterocycles. The lowest BCUT2D eigenvalue weighted by Crippen LogP contribution is -2.28. The van der Waals surface area contributed by atoms with E-state index in [1.54, 1.807) is 6.07 Å². The highest BCUT2D eigenvalue weighted by molar-refractivity contribution is 5.96. The van der Waals surface area contributed by atoms with Crippen molar-refractivity contribution in [3.05, 3.63) is 65.2 Å². The van der Waals surface area contributed by atoms with Crippen LogP contribution >= 0.6 is 0 Å². The van der Waals surface area contributed by atoms with E-state index >= 15 is 0 Å². The van der Waals surface area contributed by atoms with E-state index in [-0.39, 0.29) is 18.1 Å². The van der Waals surface area contributed by atoms with E-state index in [4.69, 9.17) is 27.4 Å². The predicted octanol–water partition coefficient (Wildman–Crippen LogP) is 2.17. The molecule has 0 bridgehead atoms. The van der Waals surface area contributed by atoms with Gasteiger partial charge in [-0.3, -0.25) is 15.6 Å². The van der Waals surface area contributed by atoms with Crippen LogP contribution in [0, 0.1) is 10.8 Å². The molecule has 0 aromatic heterocycles. The topological polar surface area (TPSA) is 140 Å². The van der Waals surface area contributed by atoms with Gasteiger partial charge in [0.15, 0.2) is 0 Å². The van der Waals surface area contributed by atoms with Crippen LogP contribution in [0.1, 0.15) is 29.5 Å². The van der Waals surface area contributed by atoms with Crippen molar-refractivity contribution < 1.29 is 9.90 Å². The van der Waals surface area contributed by atoms with Crippen LogP contribution in [0.2, 0.25) is 0 Å². The van der Waals surface area contributed by atoms with E-state index < -0.39 is 5.97 Å². The molecule has 7 heteroatoms. The van der Waals surface area contributed by atoms with Crippen molar-refractivity contribution in [2.24, 2.45) is 11.5 Å². The van der Waals surface area contributed by atoms with E-state index in [9.17, 15) is 4.79 Å². The maximum atomic E-state index is 10.8. The van der Waals surface area contributed by atoms with Crippen molar-refractivity contribution in [2.75, 3.05) is 18.0 Å². The molecule has 0 radical (unpaired) electrons. The second-order valence-electron chi connectivity index (χ2n) is 6.31. The lowest BCUT2D eigenvalue weighted by molar-refractivity contribution is -0.137. The average molecular weight is 367 g/mol. The zero-order chi connectivity index (χ0) is 19.8. The molecule has 0 aliphatic carbocycles. The number of nitrogens with two attached hydrogens (primary N) is 2. The Morgan fingerprint density at radius 3 is 2.22 bits per heavy atom. The molecular formula is C20H25N5O2. The second-order valence-corrected chi connectivity index (χ2v) is 6.31. The van der Waals surface area contributed by atoms with Crippen molar-refractivity contribution >= 4 is 23.3 Å². The Labute approximate surface area is 158 Å². The number of nitrogens with zero attached hydrogens (tertiary/aromatic N) is 1. The third kappa shape index (κ3) is 6.14. The van der Waals surface area contributed by atoms with Gasteiger partial charge in [0.2, 0.25) is 0 Å². The highest BCUT2D eigenvalue weighted by Gasteiger charge is 2.10. The summed E-state index contributed by atoms with van der Waals surface area (Å²) in [4.78, 5) is 12.9. The summed E-state index contributed by atoms with van der Waals surface area (Å²) in [5.41, 5.74) is 14.4. The molecule has 0 saturated carbocycles. The molecule has 2 aromatic carbocycles. The molecule has 2 aromatic rings. The summed E-state index contributed by atoms with van der Waals surface area (Å²) in [6.07, 6.45) is 1.40. The first kappa shape index (κ1) is 20.0. The fraction of sp³-hybridized carbons (Fsp3) is 0.250. The van der Waals surface area contributed by atoms with Crippen molar-refractivity contribution in [1.29, 1.82) is 10.8 Å². The molecule has 0 atom stereocenters. The predicted molar refractivity (Wildman–Crippen MR) is 108 cm³/mol. The number of anilines is 1. The molecule has 2 rings (SSSR count). The molecule has 7 nitrogen and oxygen atoms in total. The van der Waals surface area contributed by atoms with Gasteiger partial charge in [-0.25, -0.2) is 0 Å². The fourth-order valence-electron chi connectivity index (χ4n) is 2.78. The molecule has 27 heavy (non-hydrogen) atoms. The molecule has 7 N–H and O–H groups in total.